The van der Waals surface area contributed by atoms with Crippen LogP contribution in [-0.4, -0.2) is 62.9 Å². The number of sulfonamides is 1. The molecule has 0 radical (unpaired) electrons. The normalized spacial score (nSPS) is 19.6. The van der Waals surface area contributed by atoms with Crippen molar-refractivity contribution < 1.29 is 17.9 Å². The van der Waals surface area contributed by atoms with E-state index in [1.54, 1.807) is 29.5 Å². The van der Waals surface area contributed by atoms with Gasteiger partial charge in [-0.1, -0.05) is 6.07 Å². The van der Waals surface area contributed by atoms with E-state index in [9.17, 15) is 13.2 Å². The van der Waals surface area contributed by atoms with Crippen molar-refractivity contribution in [3.8, 4) is 0 Å². The van der Waals surface area contributed by atoms with Crippen LogP contribution in [0.1, 0.15) is 19.8 Å². The lowest BCUT2D eigenvalue weighted by Crippen LogP contribution is -2.44. The van der Waals surface area contributed by atoms with Crippen molar-refractivity contribution >= 4 is 27.3 Å². The Hall–Kier alpha value is -0.960. The van der Waals surface area contributed by atoms with Crippen LogP contribution >= 0.6 is 11.3 Å². The zero-order valence-corrected chi connectivity index (χ0v) is 14.5. The van der Waals surface area contributed by atoms with Crippen LogP contribution in [0.25, 0.3) is 0 Å². The van der Waals surface area contributed by atoms with Crippen molar-refractivity contribution in [1.29, 1.82) is 0 Å². The van der Waals surface area contributed by atoms with Crippen molar-refractivity contribution in [1.82, 2.24) is 9.21 Å². The third-order valence-corrected chi connectivity index (χ3v) is 6.85. The highest BCUT2D eigenvalue weighted by molar-refractivity contribution is 7.91. The van der Waals surface area contributed by atoms with Gasteiger partial charge in [0.05, 0.1) is 12.7 Å². The van der Waals surface area contributed by atoms with Gasteiger partial charge in [0, 0.05) is 33.1 Å². The van der Waals surface area contributed by atoms with Gasteiger partial charge in [0.1, 0.15) is 4.21 Å². The monoisotopic (exact) mass is 346 g/mol. The molecule has 1 unspecified atom stereocenters. The van der Waals surface area contributed by atoms with Crippen LogP contribution in [-0.2, 0) is 19.6 Å². The molecule has 124 valence electrons. The molecule has 1 atom stereocenters. The number of carbonyl (C=O) groups is 1. The molecule has 1 aliphatic heterocycles. The molecular weight excluding hydrogens is 324 g/mol. The summed E-state index contributed by atoms with van der Waals surface area (Å²) in [5, 5.41) is 1.74. The molecule has 0 aromatic carbocycles. The second-order valence-corrected chi connectivity index (χ2v) is 8.60. The van der Waals surface area contributed by atoms with E-state index in [0.29, 0.717) is 43.3 Å². The summed E-state index contributed by atoms with van der Waals surface area (Å²) in [6.45, 7) is 4.08. The van der Waals surface area contributed by atoms with Crippen molar-refractivity contribution in [2.75, 3.05) is 33.3 Å². The zero-order valence-electron chi connectivity index (χ0n) is 12.9. The molecule has 0 spiro atoms. The first-order valence-electron chi connectivity index (χ1n) is 7.30. The predicted octanol–water partition coefficient (Wildman–Crippen LogP) is 1.40. The van der Waals surface area contributed by atoms with Crippen LogP contribution in [0, 0.1) is 0 Å². The summed E-state index contributed by atoms with van der Waals surface area (Å²) in [6.07, 6.45) is 0.947. The zero-order chi connectivity index (χ0) is 16.2. The number of rotatable bonds is 6. The molecule has 2 heterocycles. The number of ether oxygens (including phenoxy) is 1. The standard InChI is InChI=1S/C14H22N2O4S2/c1-12-11-16(8-9-20-12)13(17)5-3-7-15(2)22(18,19)14-6-4-10-21-14/h4,6,10,12H,3,5,7-9,11H2,1-2H3. The molecule has 0 aliphatic carbocycles. The van der Waals surface area contributed by atoms with E-state index in [0.717, 1.165) is 0 Å². The fourth-order valence-electron chi connectivity index (χ4n) is 2.34. The Bertz CT molecular complexity index is 586. The molecule has 1 aliphatic rings. The van der Waals surface area contributed by atoms with Gasteiger partial charge in [0.15, 0.2) is 0 Å². The van der Waals surface area contributed by atoms with Gasteiger partial charge in [0.2, 0.25) is 5.91 Å². The molecule has 22 heavy (non-hydrogen) atoms. The van der Waals surface area contributed by atoms with E-state index in [1.165, 1.54) is 15.6 Å². The van der Waals surface area contributed by atoms with Crippen LogP contribution in [0.3, 0.4) is 0 Å². The van der Waals surface area contributed by atoms with Gasteiger partial charge in [-0.2, -0.15) is 0 Å². The molecule has 1 saturated heterocycles. The van der Waals surface area contributed by atoms with Crippen LogP contribution < -0.4 is 0 Å². The van der Waals surface area contributed by atoms with E-state index in [1.807, 2.05) is 6.92 Å². The van der Waals surface area contributed by atoms with Crippen molar-refractivity contribution in [3.63, 3.8) is 0 Å². The van der Waals surface area contributed by atoms with Crippen molar-refractivity contribution in [2.45, 2.75) is 30.1 Å². The summed E-state index contributed by atoms with van der Waals surface area (Å²) in [5.41, 5.74) is 0. The second kappa shape index (κ2) is 7.54. The van der Waals surface area contributed by atoms with Gasteiger partial charge >= 0.3 is 0 Å². The topological polar surface area (TPSA) is 66.9 Å². The Balaban J connectivity index is 1.79. The summed E-state index contributed by atoms with van der Waals surface area (Å²) in [4.78, 5) is 13.9. The Morgan fingerprint density at radius 1 is 1.55 bits per heavy atom. The van der Waals surface area contributed by atoms with Crippen LogP contribution in [0.2, 0.25) is 0 Å². The van der Waals surface area contributed by atoms with E-state index < -0.39 is 10.0 Å². The van der Waals surface area contributed by atoms with Crippen LogP contribution in [0.15, 0.2) is 21.7 Å². The largest absolute Gasteiger partial charge is 0.375 e. The highest BCUT2D eigenvalue weighted by Crippen LogP contribution is 2.20. The summed E-state index contributed by atoms with van der Waals surface area (Å²) >= 11 is 1.20. The maximum absolute atomic E-state index is 12.2. The number of amides is 1. The molecule has 1 aromatic rings. The Morgan fingerprint density at radius 3 is 2.95 bits per heavy atom. The molecular formula is C14H22N2O4S2. The van der Waals surface area contributed by atoms with E-state index >= 15 is 0 Å². The summed E-state index contributed by atoms with van der Waals surface area (Å²) < 4.78 is 31.5. The first-order chi connectivity index (χ1) is 10.4. The quantitative estimate of drug-likeness (QED) is 0.781. The fourth-order valence-corrected chi connectivity index (χ4v) is 4.75. The van der Waals surface area contributed by atoms with Crippen LogP contribution in [0.5, 0.6) is 0 Å². The molecule has 1 amide bonds. The molecule has 0 N–H and O–H groups in total. The highest BCUT2D eigenvalue weighted by atomic mass is 32.2. The van der Waals surface area contributed by atoms with E-state index in [4.69, 9.17) is 4.74 Å². The van der Waals surface area contributed by atoms with Gasteiger partial charge in [-0.05, 0) is 24.8 Å². The molecule has 2 rings (SSSR count). The molecule has 0 bridgehead atoms. The second-order valence-electron chi connectivity index (χ2n) is 5.38. The van der Waals surface area contributed by atoms with Gasteiger partial charge < -0.3 is 9.64 Å². The van der Waals surface area contributed by atoms with E-state index in [2.05, 4.69) is 0 Å². The molecule has 0 saturated carbocycles. The number of thiophene rings is 1. The first-order valence-corrected chi connectivity index (χ1v) is 9.62. The predicted molar refractivity (Wildman–Crippen MR) is 85.4 cm³/mol. The maximum Gasteiger partial charge on any atom is 0.252 e. The number of nitrogens with zero attached hydrogens (tertiary/aromatic N) is 2. The number of carbonyl (C=O) groups excluding carboxylic acids is 1. The SMILES string of the molecule is CC1CN(C(=O)CCCN(C)S(=O)(=O)c2cccs2)CCO1. The average Bonchev–Trinajstić information content (AvgIpc) is 3.01. The number of hydrogen-bond acceptors (Lipinski definition) is 5. The van der Waals surface area contributed by atoms with Gasteiger partial charge in [-0.3, -0.25) is 4.79 Å². The minimum atomic E-state index is -3.42. The van der Waals surface area contributed by atoms with E-state index in [-0.39, 0.29) is 12.0 Å². The Kier molecular flexibility index (Phi) is 5.96. The number of morpholine rings is 1. The molecule has 6 nitrogen and oxygen atoms in total. The van der Waals surface area contributed by atoms with Gasteiger partial charge in [-0.25, -0.2) is 12.7 Å². The summed E-state index contributed by atoms with van der Waals surface area (Å²) in [5.74, 6) is 0.0667. The number of hydrogen-bond donors (Lipinski definition) is 0. The van der Waals surface area contributed by atoms with Crippen LogP contribution in [0.4, 0.5) is 0 Å². The Labute approximate surface area is 135 Å². The molecule has 1 aromatic heterocycles. The molecule has 8 heteroatoms. The lowest BCUT2D eigenvalue weighted by Gasteiger charge is -2.31. The van der Waals surface area contributed by atoms with Crippen molar-refractivity contribution in [3.05, 3.63) is 17.5 Å². The smallest absolute Gasteiger partial charge is 0.252 e. The highest BCUT2D eigenvalue weighted by Gasteiger charge is 2.23. The average molecular weight is 346 g/mol. The van der Waals surface area contributed by atoms with Gasteiger partial charge in [0.25, 0.3) is 10.0 Å². The van der Waals surface area contributed by atoms with Gasteiger partial charge in [-0.15, -0.1) is 11.3 Å². The maximum atomic E-state index is 12.2. The lowest BCUT2D eigenvalue weighted by molar-refractivity contribution is -0.138. The fraction of sp³-hybridized carbons (Fsp3) is 0.643. The lowest BCUT2D eigenvalue weighted by atomic mass is 10.2. The summed E-state index contributed by atoms with van der Waals surface area (Å²) in [7, 11) is -1.87. The summed E-state index contributed by atoms with van der Waals surface area (Å²) in [6, 6.07) is 3.31. The first kappa shape index (κ1) is 17.4. The third kappa shape index (κ3) is 4.28. The Morgan fingerprint density at radius 2 is 2.32 bits per heavy atom. The third-order valence-electron chi connectivity index (χ3n) is 3.62. The minimum absolute atomic E-state index is 0.0667. The van der Waals surface area contributed by atoms with Crippen molar-refractivity contribution in [2.24, 2.45) is 0 Å². The minimum Gasteiger partial charge on any atom is -0.375 e. The molecule has 1 fully saturated rings.